The first kappa shape index (κ1) is 40.4. The molecule has 1 unspecified atom stereocenters. The molecule has 7 aromatic carbocycles. The van der Waals surface area contributed by atoms with Crippen molar-refractivity contribution in [1.29, 1.82) is 0 Å². The smallest absolute Gasteiger partial charge is 0.141 e. The summed E-state index contributed by atoms with van der Waals surface area (Å²) in [6.07, 6.45) is 21.6. The molecule has 0 saturated carbocycles. The van der Waals surface area contributed by atoms with Gasteiger partial charge in [-0.05, 0) is 97.0 Å². The molecule has 8 aromatic rings. The van der Waals surface area contributed by atoms with Crippen LogP contribution in [0, 0.1) is 0 Å². The molecular weight excluding hydrogens is 785 g/mol. The van der Waals surface area contributed by atoms with E-state index in [-0.39, 0.29) is 5.41 Å². The third kappa shape index (κ3) is 6.62. The SMILES string of the molecule is C=C1/C=C\[C@@](C)(c2c3ccccc3c(C3=CCCC=C3)c3ccccc23)C2(c3nc(-c4ccccc4)cc(-c4ccccc4)n3)C=CC=C(C2)c2ccccc2C(C)(C)c2ccccc21. The summed E-state index contributed by atoms with van der Waals surface area (Å²) < 4.78 is 0. The van der Waals surface area contributed by atoms with Crippen molar-refractivity contribution in [2.24, 2.45) is 0 Å². The van der Waals surface area contributed by atoms with E-state index in [9.17, 15) is 0 Å². The van der Waals surface area contributed by atoms with Gasteiger partial charge in [0, 0.05) is 22.0 Å². The summed E-state index contributed by atoms with van der Waals surface area (Å²) >= 11 is 0. The van der Waals surface area contributed by atoms with E-state index in [0.29, 0.717) is 6.42 Å². The van der Waals surface area contributed by atoms with Crippen LogP contribution in [-0.4, -0.2) is 9.97 Å². The molecule has 2 heteroatoms. The van der Waals surface area contributed by atoms with Crippen LogP contribution in [0.3, 0.4) is 0 Å². The molecule has 2 bridgehead atoms. The van der Waals surface area contributed by atoms with Gasteiger partial charge in [-0.3, -0.25) is 0 Å². The predicted molar refractivity (Wildman–Crippen MR) is 275 cm³/mol. The zero-order chi connectivity index (χ0) is 44.2. The molecular formula is C63H52N2. The summed E-state index contributed by atoms with van der Waals surface area (Å²) in [6.45, 7) is 12.1. The molecule has 65 heavy (non-hydrogen) atoms. The number of hydrogen-bond acceptors (Lipinski definition) is 2. The lowest BCUT2D eigenvalue weighted by molar-refractivity contribution is 0.345. The predicted octanol–water partition coefficient (Wildman–Crippen LogP) is 16.0. The fourth-order valence-electron chi connectivity index (χ4n) is 11.2. The van der Waals surface area contributed by atoms with Gasteiger partial charge in [0.25, 0.3) is 0 Å². The molecule has 0 fully saturated rings. The third-order valence-corrected chi connectivity index (χ3v) is 14.6. The van der Waals surface area contributed by atoms with Gasteiger partial charge in [-0.1, -0.05) is 234 Å². The van der Waals surface area contributed by atoms with Crippen molar-refractivity contribution in [3.8, 4) is 22.5 Å². The summed E-state index contributed by atoms with van der Waals surface area (Å²) in [7, 11) is 0. The van der Waals surface area contributed by atoms with Crippen LogP contribution in [0.25, 0.3) is 60.8 Å². The minimum Gasteiger partial charge on any atom is -0.232 e. The van der Waals surface area contributed by atoms with Gasteiger partial charge in [0.15, 0.2) is 0 Å². The quantitative estimate of drug-likeness (QED) is 0.161. The molecule has 2 nitrogen and oxygen atoms in total. The van der Waals surface area contributed by atoms with Gasteiger partial charge in [-0.2, -0.15) is 0 Å². The standard InChI is InChI=1S/C63H52N2/c1-43-38-40-62(4,59-52-34-16-14-32-50(52)58(46-27-12-7-13-28-46)51-33-15-17-35-53(51)59)63(60-64-56(44-23-8-5-9-24-44)41-57(65-60)45-25-10-6-11-26-45)39-22-29-47(42-63)49-31-19-21-37-55(49)61(2,3)54-36-20-18-30-48(43)54/h5-6,8-12,14-41H,1,7,13,42H2,2-4H3/b40-38-/t62-,63?/m0/s1. The van der Waals surface area contributed by atoms with Crippen molar-refractivity contribution < 1.29 is 0 Å². The number of fused-ring (bicyclic) bond motifs is 7. The van der Waals surface area contributed by atoms with E-state index in [4.69, 9.17) is 16.5 Å². The van der Waals surface area contributed by atoms with E-state index < -0.39 is 10.8 Å². The van der Waals surface area contributed by atoms with E-state index in [1.165, 1.54) is 60.5 Å². The van der Waals surface area contributed by atoms with E-state index >= 15 is 0 Å². The molecule has 1 heterocycles. The first-order chi connectivity index (χ1) is 31.8. The van der Waals surface area contributed by atoms with Crippen LogP contribution in [0.4, 0.5) is 0 Å². The zero-order valence-corrected chi connectivity index (χ0v) is 37.4. The highest BCUT2D eigenvalue weighted by molar-refractivity contribution is 6.14. The summed E-state index contributed by atoms with van der Waals surface area (Å²) in [5.41, 5.74) is 12.9. The van der Waals surface area contributed by atoms with Crippen molar-refractivity contribution in [2.75, 3.05) is 0 Å². The summed E-state index contributed by atoms with van der Waals surface area (Å²) in [5, 5.41) is 4.93. The van der Waals surface area contributed by atoms with Gasteiger partial charge in [0.05, 0.1) is 16.8 Å². The van der Waals surface area contributed by atoms with E-state index in [1.807, 2.05) is 0 Å². The van der Waals surface area contributed by atoms with Crippen LogP contribution >= 0.6 is 0 Å². The van der Waals surface area contributed by atoms with Gasteiger partial charge < -0.3 is 0 Å². The first-order valence-electron chi connectivity index (χ1n) is 23.0. The van der Waals surface area contributed by atoms with Gasteiger partial charge in [-0.15, -0.1) is 0 Å². The monoisotopic (exact) mass is 836 g/mol. The summed E-state index contributed by atoms with van der Waals surface area (Å²) in [6, 6.07) is 59.4. The first-order valence-corrected chi connectivity index (χ1v) is 23.0. The number of hydrogen-bond donors (Lipinski definition) is 0. The van der Waals surface area contributed by atoms with Gasteiger partial charge >= 0.3 is 0 Å². The maximum atomic E-state index is 5.78. The molecule has 1 aromatic heterocycles. The second-order valence-corrected chi connectivity index (χ2v) is 18.7. The van der Waals surface area contributed by atoms with Crippen molar-refractivity contribution in [3.05, 3.63) is 258 Å². The third-order valence-electron chi connectivity index (χ3n) is 14.6. The second-order valence-electron chi connectivity index (χ2n) is 18.7. The van der Waals surface area contributed by atoms with E-state index in [1.54, 1.807) is 0 Å². The maximum absolute atomic E-state index is 5.78. The van der Waals surface area contributed by atoms with Gasteiger partial charge in [0.2, 0.25) is 0 Å². The number of allylic oxidation sites excluding steroid dienone is 11. The lowest BCUT2D eigenvalue weighted by Crippen LogP contribution is -2.47. The fraction of sp³-hybridized carbons (Fsp3) is 0.143. The van der Waals surface area contributed by atoms with Crippen LogP contribution in [0.1, 0.15) is 79.2 Å². The molecule has 0 saturated heterocycles. The number of aromatic nitrogens is 2. The highest BCUT2D eigenvalue weighted by Crippen LogP contribution is 2.57. The number of nitrogens with zero attached hydrogens (tertiary/aromatic N) is 2. The Morgan fingerprint density at radius 2 is 1.08 bits per heavy atom. The van der Waals surface area contributed by atoms with E-state index in [0.717, 1.165) is 52.3 Å². The average molecular weight is 837 g/mol. The molecule has 0 spiro atoms. The Kier molecular flexibility index (Phi) is 9.92. The maximum Gasteiger partial charge on any atom is 0.141 e. The number of benzene rings is 7. The molecule has 314 valence electrons. The van der Waals surface area contributed by atoms with Gasteiger partial charge in [0.1, 0.15) is 5.82 Å². The Morgan fingerprint density at radius 3 is 1.68 bits per heavy atom. The molecule has 3 aliphatic rings. The van der Waals surface area contributed by atoms with Crippen molar-refractivity contribution in [3.63, 3.8) is 0 Å². The lowest BCUT2D eigenvalue weighted by atomic mass is 9.54. The minimum absolute atomic E-state index is 0.341. The van der Waals surface area contributed by atoms with Gasteiger partial charge in [-0.25, -0.2) is 9.97 Å². The Bertz CT molecular complexity index is 3230. The molecule has 0 amide bonds. The van der Waals surface area contributed by atoms with E-state index in [2.05, 4.69) is 233 Å². The molecule has 0 radical (unpaired) electrons. The van der Waals surface area contributed by atoms with Crippen molar-refractivity contribution in [2.45, 2.75) is 56.3 Å². The lowest BCUT2D eigenvalue weighted by Gasteiger charge is -2.48. The minimum atomic E-state index is -0.824. The van der Waals surface area contributed by atoms with Crippen molar-refractivity contribution in [1.82, 2.24) is 9.97 Å². The highest BCUT2D eigenvalue weighted by atomic mass is 14.9. The summed E-state index contributed by atoms with van der Waals surface area (Å²) in [5.74, 6) is 0.779. The summed E-state index contributed by atoms with van der Waals surface area (Å²) in [4.78, 5) is 11.6. The van der Waals surface area contributed by atoms with Crippen molar-refractivity contribution >= 4 is 38.3 Å². The molecule has 3 aliphatic carbocycles. The van der Waals surface area contributed by atoms with Crippen LogP contribution in [-0.2, 0) is 16.2 Å². The average Bonchev–Trinajstić information content (AvgIpc) is 3.37. The fourth-order valence-corrected chi connectivity index (χ4v) is 11.2. The Hall–Kier alpha value is -7.42. The Balaban J connectivity index is 1.31. The molecule has 2 atom stereocenters. The second kappa shape index (κ2) is 16.0. The molecule has 11 rings (SSSR count). The Labute approximate surface area is 383 Å². The van der Waals surface area contributed by atoms with Crippen LogP contribution in [0.15, 0.2) is 219 Å². The Morgan fingerprint density at radius 1 is 0.538 bits per heavy atom. The topological polar surface area (TPSA) is 25.8 Å². The normalized spacial score (nSPS) is 20.5. The molecule has 0 aliphatic heterocycles. The van der Waals surface area contributed by atoms with Crippen LogP contribution < -0.4 is 0 Å². The van der Waals surface area contributed by atoms with Crippen LogP contribution in [0.2, 0.25) is 0 Å². The number of rotatable bonds is 5. The molecule has 0 N–H and O–H groups in total. The highest BCUT2D eigenvalue weighted by Gasteiger charge is 2.53. The van der Waals surface area contributed by atoms with Crippen LogP contribution in [0.5, 0.6) is 0 Å². The largest absolute Gasteiger partial charge is 0.232 e. The zero-order valence-electron chi connectivity index (χ0n) is 37.4.